The normalized spacial score (nSPS) is 26.8. The van der Waals surface area contributed by atoms with E-state index in [1.165, 1.54) is 4.90 Å². The van der Waals surface area contributed by atoms with Crippen LogP contribution in [0.1, 0.15) is 77.1 Å². The molecule has 2 saturated heterocycles. The van der Waals surface area contributed by atoms with Crippen molar-refractivity contribution >= 4 is 17.4 Å². The number of nitrogen functional groups attached to an aromatic ring is 1. The number of anilines is 2. The lowest BCUT2D eigenvalue weighted by Crippen LogP contribution is -2.44. The molecule has 0 bridgehead atoms. The predicted molar refractivity (Wildman–Crippen MR) is 170 cm³/mol. The molecule has 1 unspecified atom stereocenters. The van der Waals surface area contributed by atoms with E-state index in [-0.39, 0.29) is 29.8 Å². The lowest BCUT2D eigenvalue weighted by molar-refractivity contribution is -0.0876. The van der Waals surface area contributed by atoms with Gasteiger partial charge in [-0.3, -0.25) is 14.4 Å². The summed E-state index contributed by atoms with van der Waals surface area (Å²) in [5, 5.41) is 4.60. The fraction of sp³-hybridized carbons (Fsp3) is 0.588. The summed E-state index contributed by atoms with van der Waals surface area (Å²) < 4.78 is 45.3. The third kappa shape index (κ3) is 5.13. The summed E-state index contributed by atoms with van der Waals surface area (Å²) in [5.74, 6) is 0.145. The summed E-state index contributed by atoms with van der Waals surface area (Å²) in [5.41, 5.74) is 9.33. The molecule has 250 valence electrons. The molecule has 0 saturated carbocycles. The average Bonchev–Trinajstić information content (AvgIpc) is 3.68. The van der Waals surface area contributed by atoms with Crippen molar-refractivity contribution in [2.24, 2.45) is 0 Å². The van der Waals surface area contributed by atoms with Crippen LogP contribution in [0.4, 0.5) is 20.3 Å². The maximum atomic E-state index is 15.7. The van der Waals surface area contributed by atoms with Gasteiger partial charge in [-0.15, -0.1) is 0 Å². The number of alkyl halides is 1. The number of hydrogen-bond donors (Lipinski definition) is 1. The third-order valence-electron chi connectivity index (χ3n) is 10.9. The molecule has 5 aliphatic rings. The number of benzene rings is 1. The van der Waals surface area contributed by atoms with Gasteiger partial charge in [-0.2, -0.15) is 15.1 Å². The van der Waals surface area contributed by atoms with Crippen LogP contribution in [-0.4, -0.2) is 87.5 Å². The molecule has 1 aliphatic carbocycles. The first kappa shape index (κ1) is 30.5. The minimum atomic E-state index is -0.893. The molecule has 4 aliphatic heterocycles. The molecule has 2 aromatic heterocycles. The molecule has 11 nitrogen and oxygen atoms in total. The van der Waals surface area contributed by atoms with Gasteiger partial charge in [0.2, 0.25) is 0 Å². The lowest BCUT2D eigenvalue weighted by atomic mass is 9.74. The number of halogens is 2. The molecule has 0 radical (unpaired) electrons. The van der Waals surface area contributed by atoms with Crippen molar-refractivity contribution in [2.75, 3.05) is 51.0 Å². The number of nitrogens with two attached hydrogens (primary N) is 1. The van der Waals surface area contributed by atoms with Crippen molar-refractivity contribution in [3.8, 4) is 6.01 Å². The van der Waals surface area contributed by atoms with E-state index in [1.54, 1.807) is 20.2 Å². The van der Waals surface area contributed by atoms with Crippen LogP contribution in [0.15, 0.2) is 18.2 Å². The molecular weight excluding hydrogens is 606 g/mol. The van der Waals surface area contributed by atoms with Crippen LogP contribution < -0.4 is 15.4 Å². The Hall–Kier alpha value is -3.84. The van der Waals surface area contributed by atoms with Crippen LogP contribution >= 0.6 is 0 Å². The standard InChI is InChI=1S/C34H42F2N8O3/c1-41(2)31(45)26-14-23-18-42(11-5-13-44(23)40-26)30-24-19-47-34(10-3-6-21-7-8-25(37)29(36)28(21)34)16-27(24)38-32(39-30)46-20-33-9-4-12-43(33)17-22(35)15-33/h7-8,14,22H,3-6,9-13,15-20,37H2,1-2H3/t22-,33+,34?/m1/s1. The highest BCUT2D eigenvalue weighted by atomic mass is 19.1. The summed E-state index contributed by atoms with van der Waals surface area (Å²) in [4.78, 5) is 28.6. The van der Waals surface area contributed by atoms with E-state index in [1.807, 2.05) is 16.8 Å². The Balaban J connectivity index is 1.17. The van der Waals surface area contributed by atoms with Gasteiger partial charge >= 0.3 is 6.01 Å². The molecule has 1 spiro atoms. The SMILES string of the molecule is CN(C)C(=O)c1cc2n(n1)CCCN(c1nc(OC[C@@]34CCCN3C[C@H](F)C4)nc3c1COC1(CCCc4ccc(N)c(F)c41)C3)C2. The molecule has 3 atom stereocenters. The fourth-order valence-corrected chi connectivity index (χ4v) is 8.61. The molecule has 8 rings (SSSR count). The van der Waals surface area contributed by atoms with Crippen molar-refractivity contribution in [3.63, 3.8) is 0 Å². The van der Waals surface area contributed by atoms with Crippen LogP contribution in [0.25, 0.3) is 0 Å². The second-order valence-electron chi connectivity index (χ2n) is 14.2. The largest absolute Gasteiger partial charge is 0.461 e. The summed E-state index contributed by atoms with van der Waals surface area (Å²) in [7, 11) is 3.44. The van der Waals surface area contributed by atoms with E-state index in [2.05, 4.69) is 14.9 Å². The summed E-state index contributed by atoms with van der Waals surface area (Å²) >= 11 is 0. The topological polar surface area (TPSA) is 115 Å². The lowest BCUT2D eigenvalue weighted by Gasteiger charge is -2.43. The van der Waals surface area contributed by atoms with E-state index in [0.29, 0.717) is 69.1 Å². The second kappa shape index (κ2) is 11.4. The number of aromatic nitrogens is 4. The zero-order chi connectivity index (χ0) is 32.5. The summed E-state index contributed by atoms with van der Waals surface area (Å²) in [6, 6.07) is 5.64. The highest BCUT2D eigenvalue weighted by molar-refractivity contribution is 5.92. The quantitative estimate of drug-likeness (QED) is 0.413. The molecule has 1 amide bonds. The Morgan fingerprint density at radius 1 is 1.17 bits per heavy atom. The van der Waals surface area contributed by atoms with E-state index in [0.717, 1.165) is 61.2 Å². The Morgan fingerprint density at radius 2 is 2.04 bits per heavy atom. The number of hydrogen-bond acceptors (Lipinski definition) is 9. The monoisotopic (exact) mass is 648 g/mol. The van der Waals surface area contributed by atoms with Crippen LogP contribution in [-0.2, 0) is 42.9 Å². The van der Waals surface area contributed by atoms with Gasteiger partial charge in [0.05, 0.1) is 35.8 Å². The van der Waals surface area contributed by atoms with Gasteiger partial charge in [-0.25, -0.2) is 8.78 Å². The minimum Gasteiger partial charge on any atom is -0.461 e. The van der Waals surface area contributed by atoms with Crippen molar-refractivity contribution in [1.29, 1.82) is 0 Å². The van der Waals surface area contributed by atoms with Gasteiger partial charge in [0.1, 0.15) is 24.2 Å². The Morgan fingerprint density at radius 3 is 2.89 bits per heavy atom. The van der Waals surface area contributed by atoms with Gasteiger partial charge in [0.15, 0.2) is 11.5 Å². The minimum absolute atomic E-state index is 0.114. The van der Waals surface area contributed by atoms with Crippen LogP contribution in [0.5, 0.6) is 6.01 Å². The third-order valence-corrected chi connectivity index (χ3v) is 10.9. The number of ether oxygens (including phenoxy) is 2. The zero-order valence-electron chi connectivity index (χ0n) is 27.1. The number of rotatable bonds is 5. The van der Waals surface area contributed by atoms with Gasteiger partial charge < -0.3 is 25.0 Å². The van der Waals surface area contributed by atoms with Crippen LogP contribution in [0.3, 0.4) is 0 Å². The molecule has 47 heavy (non-hydrogen) atoms. The Bertz CT molecular complexity index is 1730. The number of carbonyl (C=O) groups excluding carboxylic acids is 1. The van der Waals surface area contributed by atoms with Crippen molar-refractivity contribution in [3.05, 3.63) is 57.8 Å². The van der Waals surface area contributed by atoms with Gasteiger partial charge in [0, 0.05) is 57.7 Å². The number of nitrogens with zero attached hydrogens (tertiary/aromatic N) is 7. The fourth-order valence-electron chi connectivity index (χ4n) is 8.61. The first-order valence-electron chi connectivity index (χ1n) is 16.8. The summed E-state index contributed by atoms with van der Waals surface area (Å²) in [6.07, 6.45) is 4.90. The van der Waals surface area contributed by atoms with Gasteiger partial charge in [-0.1, -0.05) is 6.07 Å². The van der Waals surface area contributed by atoms with E-state index >= 15 is 4.39 Å². The van der Waals surface area contributed by atoms with Crippen molar-refractivity contribution < 1.29 is 23.0 Å². The van der Waals surface area contributed by atoms with Crippen LogP contribution in [0, 0.1) is 5.82 Å². The Labute approximate surface area is 273 Å². The molecule has 6 heterocycles. The zero-order valence-corrected chi connectivity index (χ0v) is 27.1. The molecular formula is C34H42F2N8O3. The van der Waals surface area contributed by atoms with Crippen LogP contribution in [0.2, 0.25) is 0 Å². The molecule has 2 N–H and O–H groups in total. The first-order chi connectivity index (χ1) is 22.6. The molecule has 13 heteroatoms. The van der Waals surface area contributed by atoms with E-state index < -0.39 is 17.6 Å². The second-order valence-corrected chi connectivity index (χ2v) is 14.2. The number of fused-ring (bicyclic) bond motifs is 5. The maximum Gasteiger partial charge on any atom is 0.318 e. The number of aryl methyl sites for hydroxylation is 2. The molecule has 3 aromatic rings. The Kier molecular flexibility index (Phi) is 7.39. The molecule has 1 aromatic carbocycles. The maximum absolute atomic E-state index is 15.7. The van der Waals surface area contributed by atoms with Gasteiger partial charge in [-0.05, 0) is 62.8 Å². The molecule has 2 fully saturated rings. The van der Waals surface area contributed by atoms with Crippen molar-refractivity contribution in [1.82, 2.24) is 29.5 Å². The number of carbonyl (C=O) groups is 1. The predicted octanol–water partition coefficient (Wildman–Crippen LogP) is 3.77. The van der Waals surface area contributed by atoms with Gasteiger partial charge in [0.25, 0.3) is 5.91 Å². The highest BCUT2D eigenvalue weighted by Crippen LogP contribution is 2.48. The summed E-state index contributed by atoms with van der Waals surface area (Å²) in [6.45, 7) is 3.68. The van der Waals surface area contributed by atoms with E-state index in [9.17, 15) is 9.18 Å². The van der Waals surface area contributed by atoms with Crippen molar-refractivity contribution in [2.45, 2.75) is 88.4 Å². The highest BCUT2D eigenvalue weighted by Gasteiger charge is 2.50. The smallest absolute Gasteiger partial charge is 0.318 e. The number of amides is 1. The van der Waals surface area contributed by atoms with E-state index in [4.69, 9.17) is 25.2 Å². The first-order valence-corrected chi connectivity index (χ1v) is 16.8. The average molecular weight is 649 g/mol.